The molecule has 0 radical (unpaired) electrons. The Balaban J connectivity index is 1.98. The number of rotatable bonds is 5. The van der Waals surface area contributed by atoms with Crippen molar-refractivity contribution in [1.29, 1.82) is 0 Å². The monoisotopic (exact) mass is 257 g/mol. The van der Waals surface area contributed by atoms with Crippen LogP contribution in [-0.4, -0.2) is 12.3 Å². The summed E-state index contributed by atoms with van der Waals surface area (Å²) in [7, 11) is 0. The number of ketones is 1. The van der Waals surface area contributed by atoms with Gasteiger partial charge in [0, 0.05) is 17.8 Å². The molecule has 0 unspecified atom stereocenters. The van der Waals surface area contributed by atoms with Crippen LogP contribution in [0.4, 0.5) is 10.1 Å². The van der Waals surface area contributed by atoms with E-state index in [9.17, 15) is 9.18 Å². The predicted molar refractivity (Wildman–Crippen MR) is 75.0 cm³/mol. The lowest BCUT2D eigenvalue weighted by molar-refractivity contribution is 0.101. The lowest BCUT2D eigenvalue weighted by Gasteiger charge is -2.08. The van der Waals surface area contributed by atoms with Gasteiger partial charge in [0.05, 0.1) is 0 Å². The van der Waals surface area contributed by atoms with E-state index in [-0.39, 0.29) is 5.78 Å². The summed E-state index contributed by atoms with van der Waals surface area (Å²) in [5, 5.41) is 3.14. The molecule has 0 aliphatic heterocycles. The molecule has 0 aliphatic carbocycles. The average Bonchev–Trinajstić information content (AvgIpc) is 2.39. The maximum absolute atomic E-state index is 13.3. The van der Waals surface area contributed by atoms with Crippen LogP contribution in [0.1, 0.15) is 22.8 Å². The van der Waals surface area contributed by atoms with E-state index in [1.54, 1.807) is 6.07 Å². The molecule has 2 aromatic carbocycles. The Bertz CT molecular complexity index is 566. The Morgan fingerprint density at radius 3 is 2.58 bits per heavy atom. The summed E-state index contributed by atoms with van der Waals surface area (Å²) in [6.07, 6.45) is 0.854. The second-order valence-electron chi connectivity index (χ2n) is 4.45. The normalized spacial score (nSPS) is 10.2. The minimum Gasteiger partial charge on any atom is -0.385 e. The highest BCUT2D eigenvalue weighted by Gasteiger charge is 2.04. The number of anilines is 1. The van der Waals surface area contributed by atoms with Crippen molar-refractivity contribution in [2.24, 2.45) is 0 Å². The molecule has 0 bridgehead atoms. The fourth-order valence-corrected chi connectivity index (χ4v) is 1.89. The summed E-state index contributed by atoms with van der Waals surface area (Å²) in [6, 6.07) is 14.4. The Morgan fingerprint density at radius 2 is 1.89 bits per heavy atom. The molecule has 2 nitrogen and oxygen atoms in total. The quantitative estimate of drug-likeness (QED) is 0.828. The van der Waals surface area contributed by atoms with E-state index >= 15 is 0 Å². The van der Waals surface area contributed by atoms with Gasteiger partial charge in [-0.2, -0.15) is 0 Å². The number of Topliss-reactive ketones (excluding diaryl/α,β-unsaturated/α-hetero) is 1. The molecule has 0 spiro atoms. The molecule has 0 saturated heterocycles. The molecule has 1 N–H and O–H groups in total. The molecule has 2 aromatic rings. The third-order valence-electron chi connectivity index (χ3n) is 2.89. The molecule has 0 aliphatic rings. The van der Waals surface area contributed by atoms with Crippen molar-refractivity contribution in [3.05, 3.63) is 65.5 Å². The maximum Gasteiger partial charge on any atom is 0.159 e. The minimum absolute atomic E-state index is 0.134. The van der Waals surface area contributed by atoms with E-state index in [4.69, 9.17) is 0 Å². The van der Waals surface area contributed by atoms with Crippen molar-refractivity contribution >= 4 is 11.5 Å². The second kappa shape index (κ2) is 6.14. The van der Waals surface area contributed by atoms with Crippen molar-refractivity contribution in [3.63, 3.8) is 0 Å². The van der Waals surface area contributed by atoms with Gasteiger partial charge in [-0.1, -0.05) is 30.3 Å². The maximum atomic E-state index is 13.3. The largest absolute Gasteiger partial charge is 0.385 e. The summed E-state index contributed by atoms with van der Waals surface area (Å²) in [5.74, 6) is -0.527. The van der Waals surface area contributed by atoms with Gasteiger partial charge < -0.3 is 5.32 Å². The molecule has 2 rings (SSSR count). The lowest BCUT2D eigenvalue weighted by Crippen LogP contribution is -2.06. The number of nitrogens with one attached hydrogen (secondary N) is 1. The van der Waals surface area contributed by atoms with E-state index in [2.05, 4.69) is 5.32 Å². The number of hydrogen-bond acceptors (Lipinski definition) is 2. The van der Waals surface area contributed by atoms with E-state index in [0.29, 0.717) is 17.8 Å². The van der Waals surface area contributed by atoms with Gasteiger partial charge in [-0.05, 0) is 37.1 Å². The first-order valence-corrected chi connectivity index (χ1v) is 6.24. The van der Waals surface area contributed by atoms with Crippen LogP contribution in [0.15, 0.2) is 48.5 Å². The van der Waals surface area contributed by atoms with Gasteiger partial charge >= 0.3 is 0 Å². The number of hydrogen-bond donors (Lipinski definition) is 1. The number of benzene rings is 2. The smallest absolute Gasteiger partial charge is 0.159 e. The van der Waals surface area contributed by atoms with Gasteiger partial charge in [0.25, 0.3) is 0 Å². The topological polar surface area (TPSA) is 29.1 Å². The fraction of sp³-hybridized carbons (Fsp3) is 0.188. The predicted octanol–water partition coefficient (Wildman–Crippen LogP) is 3.68. The first-order valence-electron chi connectivity index (χ1n) is 6.24. The van der Waals surface area contributed by atoms with Crippen LogP contribution in [-0.2, 0) is 6.42 Å². The number of carbonyl (C=O) groups is 1. The van der Waals surface area contributed by atoms with Crippen molar-refractivity contribution in [3.8, 4) is 0 Å². The van der Waals surface area contributed by atoms with Crippen LogP contribution in [0.3, 0.4) is 0 Å². The van der Waals surface area contributed by atoms with Gasteiger partial charge in [0.15, 0.2) is 5.78 Å². The van der Waals surface area contributed by atoms with Crippen molar-refractivity contribution in [2.45, 2.75) is 13.3 Å². The van der Waals surface area contributed by atoms with Crippen molar-refractivity contribution in [2.75, 3.05) is 11.9 Å². The Kier molecular flexibility index (Phi) is 4.29. The van der Waals surface area contributed by atoms with Gasteiger partial charge in [0.1, 0.15) is 5.82 Å². The molecule has 0 amide bonds. The van der Waals surface area contributed by atoms with Crippen LogP contribution in [0, 0.1) is 5.82 Å². The molecule has 3 heteroatoms. The number of carbonyl (C=O) groups excluding carboxylic acids is 1. The van der Waals surface area contributed by atoms with Crippen molar-refractivity contribution < 1.29 is 9.18 Å². The summed E-state index contributed by atoms with van der Waals surface area (Å²) >= 11 is 0. The minimum atomic E-state index is -0.394. The Morgan fingerprint density at radius 1 is 1.16 bits per heavy atom. The molecular formula is C16H16FNO. The van der Waals surface area contributed by atoms with E-state index in [1.807, 2.05) is 30.3 Å². The average molecular weight is 257 g/mol. The second-order valence-corrected chi connectivity index (χ2v) is 4.45. The van der Waals surface area contributed by atoms with E-state index in [1.165, 1.54) is 24.6 Å². The van der Waals surface area contributed by atoms with Crippen LogP contribution in [0.25, 0.3) is 0 Å². The molecule has 0 fully saturated rings. The summed E-state index contributed by atoms with van der Waals surface area (Å²) in [6.45, 7) is 2.13. The van der Waals surface area contributed by atoms with Crippen LogP contribution in [0.5, 0.6) is 0 Å². The fourth-order valence-electron chi connectivity index (χ4n) is 1.89. The standard InChI is InChI=1S/C16H16FNO/c1-12(19)14-9-15(17)11-16(10-14)18-8-7-13-5-3-2-4-6-13/h2-6,9-11,18H,7-8H2,1H3. The Labute approximate surface area is 112 Å². The summed E-state index contributed by atoms with van der Waals surface area (Å²) in [4.78, 5) is 11.3. The highest BCUT2D eigenvalue weighted by molar-refractivity contribution is 5.94. The van der Waals surface area contributed by atoms with Crippen molar-refractivity contribution in [1.82, 2.24) is 0 Å². The van der Waals surface area contributed by atoms with Crippen LogP contribution < -0.4 is 5.32 Å². The zero-order chi connectivity index (χ0) is 13.7. The first kappa shape index (κ1) is 13.3. The molecule has 0 aromatic heterocycles. The van der Waals surface area contributed by atoms with Gasteiger partial charge in [0.2, 0.25) is 0 Å². The zero-order valence-corrected chi connectivity index (χ0v) is 10.8. The molecular weight excluding hydrogens is 241 g/mol. The van der Waals surface area contributed by atoms with Gasteiger partial charge in [-0.25, -0.2) is 4.39 Å². The van der Waals surface area contributed by atoms with Crippen LogP contribution in [0.2, 0.25) is 0 Å². The molecule has 0 heterocycles. The highest BCUT2D eigenvalue weighted by atomic mass is 19.1. The third-order valence-corrected chi connectivity index (χ3v) is 2.89. The van der Waals surface area contributed by atoms with E-state index < -0.39 is 5.82 Å². The van der Waals surface area contributed by atoms with Crippen LogP contribution >= 0.6 is 0 Å². The molecule has 98 valence electrons. The zero-order valence-electron chi connectivity index (χ0n) is 10.8. The SMILES string of the molecule is CC(=O)c1cc(F)cc(NCCc2ccccc2)c1. The highest BCUT2D eigenvalue weighted by Crippen LogP contribution is 2.14. The Hall–Kier alpha value is -2.16. The van der Waals surface area contributed by atoms with E-state index in [0.717, 1.165) is 6.42 Å². The summed E-state index contributed by atoms with van der Waals surface area (Å²) in [5.41, 5.74) is 2.25. The number of halogens is 1. The third kappa shape index (κ3) is 3.91. The first-order chi connectivity index (χ1) is 9.15. The molecule has 0 saturated carbocycles. The van der Waals surface area contributed by atoms with Gasteiger partial charge in [-0.3, -0.25) is 4.79 Å². The molecule has 0 atom stereocenters. The summed E-state index contributed by atoms with van der Waals surface area (Å²) < 4.78 is 13.3. The van der Waals surface area contributed by atoms with Gasteiger partial charge in [-0.15, -0.1) is 0 Å². The molecule has 19 heavy (non-hydrogen) atoms. The lowest BCUT2D eigenvalue weighted by atomic mass is 10.1.